The van der Waals surface area contributed by atoms with Gasteiger partial charge in [0.2, 0.25) is 0 Å². The van der Waals surface area contributed by atoms with Crippen LogP contribution in [0.25, 0.3) is 0 Å². The molecule has 0 saturated carbocycles. The lowest BCUT2D eigenvalue weighted by Crippen LogP contribution is -2.28. The van der Waals surface area contributed by atoms with Gasteiger partial charge in [0.1, 0.15) is 6.07 Å². The first-order valence-electron chi connectivity index (χ1n) is 6.48. The van der Waals surface area contributed by atoms with Crippen molar-refractivity contribution in [2.24, 2.45) is 5.92 Å². The highest BCUT2D eigenvalue weighted by atomic mass is 32.2. The summed E-state index contributed by atoms with van der Waals surface area (Å²) in [7, 11) is 0. The Morgan fingerprint density at radius 2 is 2.05 bits per heavy atom. The third-order valence-corrected chi connectivity index (χ3v) is 3.79. The second kappa shape index (κ2) is 7.71. The summed E-state index contributed by atoms with van der Waals surface area (Å²) in [5, 5.41) is 18.4. The first kappa shape index (κ1) is 15.4. The van der Waals surface area contributed by atoms with E-state index in [0.717, 1.165) is 28.4 Å². The van der Waals surface area contributed by atoms with Gasteiger partial charge in [0.25, 0.3) is 0 Å². The Kier molecular flexibility index (Phi) is 6.25. The summed E-state index contributed by atoms with van der Waals surface area (Å²) in [5.41, 5.74) is 1.66. The zero-order valence-corrected chi connectivity index (χ0v) is 12.5. The van der Waals surface area contributed by atoms with Gasteiger partial charge in [-0.2, -0.15) is 10.5 Å². The van der Waals surface area contributed by atoms with Crippen molar-refractivity contribution in [1.82, 2.24) is 0 Å². The van der Waals surface area contributed by atoms with Crippen LogP contribution in [0.3, 0.4) is 0 Å². The first-order valence-corrected chi connectivity index (χ1v) is 7.46. The van der Waals surface area contributed by atoms with E-state index >= 15 is 0 Å². The smallest absolute Gasteiger partial charge is 0.103 e. The quantitative estimate of drug-likeness (QED) is 0.742. The van der Waals surface area contributed by atoms with Crippen LogP contribution in [-0.2, 0) is 0 Å². The maximum Gasteiger partial charge on any atom is 0.103 e. The minimum absolute atomic E-state index is 0.0472. The van der Waals surface area contributed by atoms with Gasteiger partial charge >= 0.3 is 0 Å². The molecule has 0 radical (unpaired) electrons. The molecule has 0 fully saturated rings. The van der Waals surface area contributed by atoms with Crippen LogP contribution in [0.2, 0.25) is 0 Å². The highest BCUT2D eigenvalue weighted by Gasteiger charge is 2.15. The summed E-state index contributed by atoms with van der Waals surface area (Å²) in [6.45, 7) is 7.47. The largest absolute Gasteiger partial charge is 0.369 e. The summed E-state index contributed by atoms with van der Waals surface area (Å²) in [4.78, 5) is 3.12. The number of benzene rings is 1. The molecular weight excluding hydrogens is 254 g/mol. The van der Waals surface area contributed by atoms with E-state index in [4.69, 9.17) is 5.26 Å². The lowest BCUT2D eigenvalue weighted by Gasteiger charge is -2.26. The van der Waals surface area contributed by atoms with Crippen LogP contribution in [-0.4, -0.2) is 18.8 Å². The van der Waals surface area contributed by atoms with E-state index < -0.39 is 0 Å². The van der Waals surface area contributed by atoms with Gasteiger partial charge in [-0.3, -0.25) is 0 Å². The summed E-state index contributed by atoms with van der Waals surface area (Å²) >= 11 is 1.68. The van der Waals surface area contributed by atoms with Crippen LogP contribution >= 0.6 is 11.8 Å². The fraction of sp³-hybridized carbons (Fsp3) is 0.467. The van der Waals surface area contributed by atoms with E-state index in [1.165, 1.54) is 0 Å². The fourth-order valence-electron chi connectivity index (χ4n) is 1.94. The predicted octanol–water partition coefficient (Wildman–Crippen LogP) is 3.66. The van der Waals surface area contributed by atoms with Gasteiger partial charge in [-0.15, -0.1) is 11.8 Å². The molecule has 1 unspecified atom stereocenters. The van der Waals surface area contributed by atoms with Crippen LogP contribution in [0.15, 0.2) is 23.1 Å². The van der Waals surface area contributed by atoms with Crippen molar-refractivity contribution < 1.29 is 0 Å². The molecule has 0 spiro atoms. The summed E-state index contributed by atoms with van der Waals surface area (Å²) in [5.74, 6) is 0.896. The number of hydrogen-bond acceptors (Lipinski definition) is 4. The van der Waals surface area contributed by atoms with Crippen molar-refractivity contribution in [2.75, 3.05) is 23.7 Å². The molecule has 4 heteroatoms. The first-order chi connectivity index (χ1) is 9.17. The molecule has 1 aromatic carbocycles. The van der Waals surface area contributed by atoms with E-state index in [9.17, 15) is 5.26 Å². The number of hydrogen-bond donors (Lipinski definition) is 0. The predicted molar refractivity (Wildman–Crippen MR) is 80.2 cm³/mol. The van der Waals surface area contributed by atoms with E-state index in [0.29, 0.717) is 6.54 Å². The second-order valence-electron chi connectivity index (χ2n) is 4.26. The van der Waals surface area contributed by atoms with Crippen molar-refractivity contribution >= 4 is 17.4 Å². The maximum atomic E-state index is 9.41. The van der Waals surface area contributed by atoms with E-state index in [1.54, 1.807) is 11.8 Å². The zero-order valence-electron chi connectivity index (χ0n) is 11.7. The average molecular weight is 273 g/mol. The third kappa shape index (κ3) is 3.91. The van der Waals surface area contributed by atoms with Crippen LogP contribution in [0, 0.1) is 28.6 Å². The summed E-state index contributed by atoms with van der Waals surface area (Å²) in [6.07, 6.45) is 0. The Morgan fingerprint density at radius 1 is 1.32 bits per heavy atom. The Labute approximate surface area is 119 Å². The second-order valence-corrected chi connectivity index (χ2v) is 5.57. The molecule has 1 atom stereocenters. The molecule has 0 amide bonds. The molecule has 0 aromatic heterocycles. The van der Waals surface area contributed by atoms with Crippen molar-refractivity contribution in [3.8, 4) is 12.1 Å². The molecule has 1 aromatic rings. The lowest BCUT2D eigenvalue weighted by molar-refractivity contribution is 0.685. The Balaban J connectivity index is 3.14. The van der Waals surface area contributed by atoms with E-state index in [2.05, 4.69) is 24.0 Å². The standard InChI is InChI=1S/C15H19N3S/c1-4-18(11-12(3)9-16)14-7-6-8-15(19-5-2)13(14)10-17/h6-8,12H,4-5,11H2,1-3H3. The molecule has 0 bridgehead atoms. The molecule has 0 saturated heterocycles. The van der Waals surface area contributed by atoms with Crippen LogP contribution in [0.4, 0.5) is 5.69 Å². The normalized spacial score (nSPS) is 11.4. The van der Waals surface area contributed by atoms with Gasteiger partial charge in [-0.25, -0.2) is 0 Å². The highest BCUT2D eigenvalue weighted by Crippen LogP contribution is 2.30. The molecule has 1 rings (SSSR count). The van der Waals surface area contributed by atoms with Crippen molar-refractivity contribution in [1.29, 1.82) is 10.5 Å². The average Bonchev–Trinajstić information content (AvgIpc) is 2.44. The van der Waals surface area contributed by atoms with Crippen LogP contribution < -0.4 is 4.90 Å². The maximum absolute atomic E-state index is 9.41. The number of nitrogens with zero attached hydrogens (tertiary/aromatic N) is 3. The zero-order chi connectivity index (χ0) is 14.3. The summed E-state index contributed by atoms with van der Waals surface area (Å²) in [6, 6.07) is 10.5. The third-order valence-electron chi connectivity index (χ3n) is 2.85. The Bertz CT molecular complexity index is 499. The molecule has 0 aliphatic carbocycles. The van der Waals surface area contributed by atoms with Gasteiger partial charge in [-0.05, 0) is 31.7 Å². The summed E-state index contributed by atoms with van der Waals surface area (Å²) < 4.78 is 0. The molecule has 19 heavy (non-hydrogen) atoms. The molecule has 0 aliphatic heterocycles. The number of nitriles is 2. The van der Waals surface area contributed by atoms with E-state index in [1.807, 2.05) is 32.0 Å². The molecular formula is C15H19N3S. The topological polar surface area (TPSA) is 50.8 Å². The lowest BCUT2D eigenvalue weighted by atomic mass is 10.1. The van der Waals surface area contributed by atoms with Gasteiger partial charge < -0.3 is 4.90 Å². The Morgan fingerprint density at radius 3 is 2.58 bits per heavy atom. The van der Waals surface area contributed by atoms with Crippen molar-refractivity contribution in [3.05, 3.63) is 23.8 Å². The van der Waals surface area contributed by atoms with Crippen LogP contribution in [0.1, 0.15) is 26.3 Å². The van der Waals surface area contributed by atoms with Gasteiger partial charge in [0.15, 0.2) is 0 Å². The number of thioether (sulfide) groups is 1. The number of anilines is 1. The van der Waals surface area contributed by atoms with Crippen molar-refractivity contribution in [2.45, 2.75) is 25.7 Å². The minimum atomic E-state index is -0.0472. The van der Waals surface area contributed by atoms with Gasteiger partial charge in [0.05, 0.1) is 23.2 Å². The van der Waals surface area contributed by atoms with Gasteiger partial charge in [0, 0.05) is 18.0 Å². The van der Waals surface area contributed by atoms with Crippen LogP contribution in [0.5, 0.6) is 0 Å². The van der Waals surface area contributed by atoms with Gasteiger partial charge in [-0.1, -0.05) is 13.0 Å². The SMILES string of the molecule is CCSc1cccc(N(CC)CC(C)C#N)c1C#N. The monoisotopic (exact) mass is 273 g/mol. The number of rotatable bonds is 6. The fourth-order valence-corrected chi connectivity index (χ4v) is 2.72. The Hall–Kier alpha value is -1.65. The molecule has 100 valence electrons. The van der Waals surface area contributed by atoms with E-state index in [-0.39, 0.29) is 5.92 Å². The highest BCUT2D eigenvalue weighted by molar-refractivity contribution is 7.99. The molecule has 0 N–H and O–H groups in total. The minimum Gasteiger partial charge on any atom is -0.369 e. The molecule has 0 heterocycles. The molecule has 0 aliphatic rings. The van der Waals surface area contributed by atoms with Crippen molar-refractivity contribution in [3.63, 3.8) is 0 Å². The molecule has 3 nitrogen and oxygen atoms in total.